The zero-order valence-electron chi connectivity index (χ0n) is 8.61. The molecule has 1 N–H and O–H groups in total. The molecule has 0 atom stereocenters. The summed E-state index contributed by atoms with van der Waals surface area (Å²) in [5, 5.41) is 4.58. The lowest BCUT2D eigenvalue weighted by Crippen LogP contribution is -2.02. The van der Waals surface area contributed by atoms with Gasteiger partial charge in [-0.2, -0.15) is 4.37 Å². The van der Waals surface area contributed by atoms with Crippen LogP contribution in [0.4, 0.5) is 5.13 Å². The Morgan fingerprint density at radius 3 is 3.06 bits per heavy atom. The van der Waals surface area contributed by atoms with Gasteiger partial charge in [0, 0.05) is 28.7 Å². The molecule has 0 radical (unpaired) electrons. The molecule has 1 heterocycles. The molecule has 4 nitrogen and oxygen atoms in total. The molecular formula is C10H10ClN3OS. The Labute approximate surface area is 102 Å². The zero-order chi connectivity index (χ0) is 11.4. The highest BCUT2D eigenvalue weighted by Crippen LogP contribution is 2.27. The first-order valence-electron chi connectivity index (χ1n) is 4.63. The summed E-state index contributed by atoms with van der Waals surface area (Å²) in [6.45, 7) is 0.568. The predicted molar refractivity (Wildman–Crippen MR) is 65.2 cm³/mol. The van der Waals surface area contributed by atoms with Crippen molar-refractivity contribution >= 4 is 28.3 Å². The van der Waals surface area contributed by atoms with E-state index in [2.05, 4.69) is 14.7 Å². The topological polar surface area (TPSA) is 47.0 Å². The summed E-state index contributed by atoms with van der Waals surface area (Å²) >= 11 is 7.40. The van der Waals surface area contributed by atoms with Crippen LogP contribution in [-0.2, 0) is 6.54 Å². The molecule has 0 fully saturated rings. The summed E-state index contributed by atoms with van der Waals surface area (Å²) in [6.07, 6.45) is 1.51. The van der Waals surface area contributed by atoms with E-state index < -0.39 is 0 Å². The number of nitrogens with one attached hydrogen (secondary N) is 1. The molecule has 2 rings (SSSR count). The Morgan fingerprint density at radius 2 is 2.38 bits per heavy atom. The third kappa shape index (κ3) is 2.43. The minimum absolute atomic E-state index is 0.568. The first kappa shape index (κ1) is 11.2. The SMILES string of the molecule is COc1cccc(Cl)c1CNc1ncns1. The maximum atomic E-state index is 6.10. The van der Waals surface area contributed by atoms with E-state index in [9.17, 15) is 0 Å². The normalized spacial score (nSPS) is 10.1. The average molecular weight is 256 g/mol. The van der Waals surface area contributed by atoms with E-state index in [-0.39, 0.29) is 0 Å². The highest BCUT2D eigenvalue weighted by molar-refractivity contribution is 7.09. The van der Waals surface area contributed by atoms with Crippen molar-refractivity contribution in [3.05, 3.63) is 35.1 Å². The van der Waals surface area contributed by atoms with Gasteiger partial charge in [0.05, 0.1) is 7.11 Å². The van der Waals surface area contributed by atoms with Crippen LogP contribution in [0.5, 0.6) is 5.75 Å². The van der Waals surface area contributed by atoms with Gasteiger partial charge in [0.2, 0.25) is 5.13 Å². The fourth-order valence-electron chi connectivity index (χ4n) is 1.32. The van der Waals surface area contributed by atoms with E-state index in [1.807, 2.05) is 18.2 Å². The van der Waals surface area contributed by atoms with Crippen LogP contribution in [0.2, 0.25) is 5.02 Å². The van der Waals surface area contributed by atoms with E-state index in [1.54, 1.807) is 7.11 Å². The maximum Gasteiger partial charge on any atom is 0.202 e. The standard InChI is InChI=1S/C10H10ClN3OS/c1-15-9-4-2-3-8(11)7(9)5-12-10-13-6-14-16-10/h2-4,6H,5H2,1H3,(H,12,13,14). The number of nitrogens with zero attached hydrogens (tertiary/aromatic N) is 2. The number of ether oxygens (including phenoxy) is 1. The molecule has 0 aliphatic heterocycles. The van der Waals surface area contributed by atoms with Gasteiger partial charge in [0.25, 0.3) is 0 Å². The van der Waals surface area contributed by atoms with Gasteiger partial charge in [-0.05, 0) is 12.1 Å². The van der Waals surface area contributed by atoms with E-state index in [0.717, 1.165) is 16.4 Å². The number of rotatable bonds is 4. The van der Waals surface area contributed by atoms with Crippen LogP contribution in [0, 0.1) is 0 Å². The van der Waals surface area contributed by atoms with Gasteiger partial charge >= 0.3 is 0 Å². The fourth-order valence-corrected chi connectivity index (χ4v) is 1.97. The molecule has 0 aliphatic rings. The lowest BCUT2D eigenvalue weighted by atomic mass is 10.2. The number of hydrogen-bond acceptors (Lipinski definition) is 5. The van der Waals surface area contributed by atoms with E-state index in [0.29, 0.717) is 11.6 Å². The summed E-state index contributed by atoms with van der Waals surface area (Å²) in [7, 11) is 1.63. The third-order valence-corrected chi connectivity index (χ3v) is 3.05. The molecule has 1 aromatic heterocycles. The van der Waals surface area contributed by atoms with Gasteiger partial charge in [-0.1, -0.05) is 17.7 Å². The number of halogens is 1. The second-order valence-corrected chi connectivity index (χ2v) is 4.21. The summed E-state index contributed by atoms with van der Waals surface area (Å²) in [4.78, 5) is 4.03. The quantitative estimate of drug-likeness (QED) is 0.913. The second kappa shape index (κ2) is 5.14. The molecule has 0 bridgehead atoms. The number of benzene rings is 1. The number of aromatic nitrogens is 2. The van der Waals surface area contributed by atoms with Crippen LogP contribution in [0.25, 0.3) is 0 Å². The van der Waals surface area contributed by atoms with Crippen molar-refractivity contribution in [2.45, 2.75) is 6.54 Å². The largest absolute Gasteiger partial charge is 0.496 e. The molecular weight excluding hydrogens is 246 g/mol. The summed E-state index contributed by atoms with van der Waals surface area (Å²) in [6, 6.07) is 5.57. The molecule has 0 saturated carbocycles. The average Bonchev–Trinajstić information content (AvgIpc) is 2.80. The summed E-state index contributed by atoms with van der Waals surface area (Å²) in [5.74, 6) is 0.768. The van der Waals surface area contributed by atoms with E-state index >= 15 is 0 Å². The van der Waals surface area contributed by atoms with E-state index in [1.165, 1.54) is 17.9 Å². The lowest BCUT2D eigenvalue weighted by molar-refractivity contribution is 0.410. The highest BCUT2D eigenvalue weighted by atomic mass is 35.5. The van der Waals surface area contributed by atoms with E-state index in [4.69, 9.17) is 16.3 Å². The molecule has 0 unspecified atom stereocenters. The number of methoxy groups -OCH3 is 1. The van der Waals surface area contributed by atoms with Gasteiger partial charge in [-0.3, -0.25) is 0 Å². The minimum Gasteiger partial charge on any atom is -0.496 e. The van der Waals surface area contributed by atoms with Gasteiger partial charge in [-0.25, -0.2) is 4.98 Å². The molecule has 0 saturated heterocycles. The smallest absolute Gasteiger partial charge is 0.202 e. The Balaban J connectivity index is 2.14. The molecule has 1 aromatic carbocycles. The van der Waals surface area contributed by atoms with Crippen LogP contribution < -0.4 is 10.1 Å². The van der Waals surface area contributed by atoms with Crippen molar-refractivity contribution in [3.8, 4) is 5.75 Å². The minimum atomic E-state index is 0.568. The van der Waals surface area contributed by atoms with Crippen molar-refractivity contribution in [1.82, 2.24) is 9.36 Å². The Hall–Kier alpha value is -1.33. The molecule has 84 valence electrons. The third-order valence-electron chi connectivity index (χ3n) is 2.07. The zero-order valence-corrected chi connectivity index (χ0v) is 10.2. The van der Waals surface area contributed by atoms with Gasteiger partial charge in [0.15, 0.2) is 0 Å². The lowest BCUT2D eigenvalue weighted by Gasteiger charge is -2.10. The summed E-state index contributed by atoms with van der Waals surface area (Å²) in [5.41, 5.74) is 0.918. The first-order chi connectivity index (χ1) is 7.81. The predicted octanol–water partition coefficient (Wildman–Crippen LogP) is 2.81. The van der Waals surface area contributed by atoms with Crippen molar-refractivity contribution in [1.29, 1.82) is 0 Å². The number of hydrogen-bond donors (Lipinski definition) is 1. The Kier molecular flexibility index (Phi) is 3.58. The Bertz CT molecular complexity index is 461. The molecule has 16 heavy (non-hydrogen) atoms. The van der Waals surface area contributed by atoms with Crippen molar-refractivity contribution in [2.75, 3.05) is 12.4 Å². The van der Waals surface area contributed by atoms with Crippen molar-refractivity contribution in [2.24, 2.45) is 0 Å². The monoisotopic (exact) mass is 255 g/mol. The van der Waals surface area contributed by atoms with Crippen LogP contribution in [0.1, 0.15) is 5.56 Å². The van der Waals surface area contributed by atoms with Crippen LogP contribution >= 0.6 is 23.1 Å². The molecule has 6 heteroatoms. The molecule has 2 aromatic rings. The highest BCUT2D eigenvalue weighted by Gasteiger charge is 2.07. The van der Waals surface area contributed by atoms with Gasteiger partial charge in [0.1, 0.15) is 12.1 Å². The van der Waals surface area contributed by atoms with Crippen molar-refractivity contribution in [3.63, 3.8) is 0 Å². The molecule has 0 amide bonds. The molecule has 0 spiro atoms. The van der Waals surface area contributed by atoms with Gasteiger partial charge in [-0.15, -0.1) is 0 Å². The van der Waals surface area contributed by atoms with Crippen LogP contribution in [0.3, 0.4) is 0 Å². The van der Waals surface area contributed by atoms with Crippen molar-refractivity contribution < 1.29 is 4.74 Å². The maximum absolute atomic E-state index is 6.10. The van der Waals surface area contributed by atoms with Crippen LogP contribution in [0.15, 0.2) is 24.5 Å². The Morgan fingerprint density at radius 1 is 1.50 bits per heavy atom. The first-order valence-corrected chi connectivity index (χ1v) is 5.78. The number of anilines is 1. The fraction of sp³-hybridized carbons (Fsp3) is 0.200. The van der Waals surface area contributed by atoms with Crippen LogP contribution in [-0.4, -0.2) is 16.5 Å². The molecule has 0 aliphatic carbocycles. The summed E-state index contributed by atoms with van der Waals surface area (Å²) < 4.78 is 9.14. The second-order valence-electron chi connectivity index (χ2n) is 3.02. The van der Waals surface area contributed by atoms with Gasteiger partial charge < -0.3 is 10.1 Å².